The fourth-order valence-electron chi connectivity index (χ4n) is 0.945. The van der Waals surface area contributed by atoms with Crippen LogP contribution < -0.4 is 16.6 Å². The normalized spacial score (nSPS) is 9.07. The number of halogens is 1. The zero-order chi connectivity index (χ0) is 10.4. The van der Waals surface area contributed by atoms with Crippen LogP contribution in [0.15, 0.2) is 18.2 Å². The molecule has 0 aliphatic carbocycles. The summed E-state index contributed by atoms with van der Waals surface area (Å²) in [6, 6.07) is 4.61. The van der Waals surface area contributed by atoms with E-state index in [4.69, 9.17) is 5.84 Å². The molecule has 0 aromatic heterocycles. The number of hydrogen-bond acceptors (Lipinski definition) is 3. The molecule has 4 N–H and O–H groups in total. The van der Waals surface area contributed by atoms with Crippen LogP contribution in [-0.2, 0) is 0 Å². The maximum atomic E-state index is 13.1. The summed E-state index contributed by atoms with van der Waals surface area (Å²) in [5, 5.41) is 2.88. The van der Waals surface area contributed by atoms with Crippen LogP contribution in [0.5, 0.6) is 0 Å². The van der Waals surface area contributed by atoms with E-state index in [1.165, 1.54) is 6.07 Å². The summed E-state index contributed by atoms with van der Waals surface area (Å²) in [5.41, 5.74) is 3.16. The van der Waals surface area contributed by atoms with E-state index in [9.17, 15) is 4.39 Å². The molecule has 0 heterocycles. The van der Waals surface area contributed by atoms with Gasteiger partial charge < -0.3 is 10.7 Å². The summed E-state index contributed by atoms with van der Waals surface area (Å²) in [6.45, 7) is 0.582. The van der Waals surface area contributed by atoms with E-state index in [1.807, 2.05) is 0 Å². The van der Waals surface area contributed by atoms with Crippen molar-refractivity contribution in [2.24, 2.45) is 5.84 Å². The van der Waals surface area contributed by atoms with Gasteiger partial charge in [0, 0.05) is 5.56 Å². The Bertz CT molecular complexity index is 365. The molecule has 1 rings (SSSR count). The Morgan fingerprint density at radius 3 is 2.86 bits per heavy atom. The van der Waals surface area contributed by atoms with Crippen LogP contribution in [0.25, 0.3) is 0 Å². The first-order valence-corrected chi connectivity index (χ1v) is 4.17. The van der Waals surface area contributed by atoms with Crippen molar-refractivity contribution < 1.29 is 4.39 Å². The number of hydrazine groups is 1. The van der Waals surface area contributed by atoms with Crippen LogP contribution in [-0.4, -0.2) is 13.6 Å². The Morgan fingerprint density at radius 2 is 2.29 bits per heavy atom. The molecule has 14 heavy (non-hydrogen) atoms. The predicted octanol–water partition coefficient (Wildman–Crippen LogP) is 0.682. The molecule has 0 saturated heterocycles. The summed E-state index contributed by atoms with van der Waals surface area (Å²) in [4.78, 5) is 0. The van der Waals surface area contributed by atoms with Crippen molar-refractivity contribution in [2.45, 2.75) is 0 Å². The monoisotopic (exact) mass is 193 g/mol. The first-order chi connectivity index (χ1) is 6.77. The number of hydrogen-bond donors (Lipinski definition) is 3. The lowest BCUT2D eigenvalue weighted by Gasteiger charge is -2.00. The molecule has 0 radical (unpaired) electrons. The number of nitrogen functional groups attached to an aromatic ring is 1. The Kier molecular flexibility index (Phi) is 3.92. The van der Waals surface area contributed by atoms with Crippen LogP contribution in [0.2, 0.25) is 0 Å². The largest absolute Gasteiger partial charge is 0.321 e. The van der Waals surface area contributed by atoms with Crippen molar-refractivity contribution >= 4 is 5.69 Å². The number of rotatable bonds is 2. The topological polar surface area (TPSA) is 50.1 Å². The first kappa shape index (κ1) is 10.5. The van der Waals surface area contributed by atoms with Gasteiger partial charge in [-0.05, 0) is 25.2 Å². The summed E-state index contributed by atoms with van der Waals surface area (Å²) >= 11 is 0. The summed E-state index contributed by atoms with van der Waals surface area (Å²) < 4.78 is 13.1. The van der Waals surface area contributed by atoms with E-state index in [1.54, 1.807) is 19.2 Å². The van der Waals surface area contributed by atoms with Crippen LogP contribution in [0.1, 0.15) is 5.56 Å². The van der Waals surface area contributed by atoms with E-state index < -0.39 is 5.82 Å². The van der Waals surface area contributed by atoms with E-state index in [-0.39, 0.29) is 5.69 Å². The molecule has 0 aliphatic rings. The third-order valence-corrected chi connectivity index (χ3v) is 1.62. The van der Waals surface area contributed by atoms with Crippen molar-refractivity contribution in [3.05, 3.63) is 29.6 Å². The minimum Gasteiger partial charge on any atom is -0.321 e. The maximum Gasteiger partial charge on any atom is 0.148 e. The van der Waals surface area contributed by atoms with Crippen LogP contribution >= 0.6 is 0 Å². The van der Waals surface area contributed by atoms with Crippen LogP contribution in [0.3, 0.4) is 0 Å². The Morgan fingerprint density at radius 1 is 1.50 bits per heavy atom. The molecule has 1 aromatic rings. The number of nitrogens with two attached hydrogens (primary N) is 1. The number of anilines is 1. The molecule has 0 amide bonds. The summed E-state index contributed by atoms with van der Waals surface area (Å²) in [5.74, 6) is 10.3. The highest BCUT2D eigenvalue weighted by Gasteiger charge is 1.99. The Hall–Kier alpha value is -1.57. The SMILES string of the molecule is CNCC#Cc1ccc(NN)c(F)c1. The van der Waals surface area contributed by atoms with Gasteiger partial charge in [-0.1, -0.05) is 11.8 Å². The maximum absolute atomic E-state index is 13.1. The average Bonchev–Trinajstić information content (AvgIpc) is 2.18. The zero-order valence-electron chi connectivity index (χ0n) is 7.89. The van der Waals surface area contributed by atoms with E-state index in [0.29, 0.717) is 12.1 Å². The Balaban J connectivity index is 2.82. The molecular weight excluding hydrogens is 181 g/mol. The van der Waals surface area contributed by atoms with Crippen molar-refractivity contribution in [3.63, 3.8) is 0 Å². The highest BCUT2D eigenvalue weighted by molar-refractivity contribution is 5.48. The van der Waals surface area contributed by atoms with Gasteiger partial charge >= 0.3 is 0 Å². The van der Waals surface area contributed by atoms with Crippen molar-refractivity contribution in [1.29, 1.82) is 0 Å². The molecular formula is C10H12FN3. The molecule has 4 heteroatoms. The third kappa shape index (κ3) is 2.73. The molecule has 1 aromatic carbocycles. The summed E-state index contributed by atoms with van der Waals surface area (Å²) in [7, 11) is 1.80. The van der Waals surface area contributed by atoms with Gasteiger partial charge in [0.15, 0.2) is 0 Å². The Labute approximate surface area is 82.5 Å². The van der Waals surface area contributed by atoms with Crippen LogP contribution in [0.4, 0.5) is 10.1 Å². The van der Waals surface area contributed by atoms with Crippen molar-refractivity contribution in [1.82, 2.24) is 5.32 Å². The molecule has 0 bridgehead atoms. The van der Waals surface area contributed by atoms with Gasteiger partial charge in [0.25, 0.3) is 0 Å². The standard InChI is InChI=1S/C10H12FN3/c1-13-6-2-3-8-4-5-10(14-12)9(11)7-8/h4-5,7,13-14H,6,12H2,1H3. The second kappa shape index (κ2) is 5.22. The van der Waals surface area contributed by atoms with Gasteiger partial charge in [0.05, 0.1) is 12.2 Å². The smallest absolute Gasteiger partial charge is 0.148 e. The molecule has 3 nitrogen and oxygen atoms in total. The molecule has 0 unspecified atom stereocenters. The highest BCUT2D eigenvalue weighted by Crippen LogP contribution is 2.13. The molecule has 0 atom stereocenters. The lowest BCUT2D eigenvalue weighted by atomic mass is 10.2. The average molecular weight is 193 g/mol. The second-order valence-electron chi connectivity index (χ2n) is 2.67. The van der Waals surface area contributed by atoms with E-state index in [0.717, 1.165) is 0 Å². The van der Waals surface area contributed by atoms with E-state index in [2.05, 4.69) is 22.6 Å². The number of benzene rings is 1. The van der Waals surface area contributed by atoms with Gasteiger partial charge in [-0.25, -0.2) is 4.39 Å². The predicted molar refractivity (Wildman–Crippen MR) is 55.0 cm³/mol. The third-order valence-electron chi connectivity index (χ3n) is 1.62. The quantitative estimate of drug-likeness (QED) is 0.368. The molecule has 0 fully saturated rings. The van der Waals surface area contributed by atoms with Crippen molar-refractivity contribution in [3.8, 4) is 11.8 Å². The van der Waals surface area contributed by atoms with Crippen molar-refractivity contribution in [2.75, 3.05) is 19.0 Å². The molecule has 0 aliphatic heterocycles. The van der Waals surface area contributed by atoms with Gasteiger partial charge in [-0.3, -0.25) is 5.84 Å². The molecule has 0 spiro atoms. The summed E-state index contributed by atoms with van der Waals surface area (Å²) in [6.07, 6.45) is 0. The van der Waals surface area contributed by atoms with Gasteiger partial charge in [-0.15, -0.1) is 0 Å². The molecule has 74 valence electrons. The highest BCUT2D eigenvalue weighted by atomic mass is 19.1. The van der Waals surface area contributed by atoms with Gasteiger partial charge in [-0.2, -0.15) is 0 Å². The number of nitrogens with one attached hydrogen (secondary N) is 2. The minimum atomic E-state index is -0.399. The minimum absolute atomic E-state index is 0.268. The lowest BCUT2D eigenvalue weighted by molar-refractivity contribution is 0.630. The fourth-order valence-corrected chi connectivity index (χ4v) is 0.945. The molecule has 0 saturated carbocycles. The van der Waals surface area contributed by atoms with E-state index >= 15 is 0 Å². The fraction of sp³-hybridized carbons (Fsp3) is 0.200. The zero-order valence-corrected chi connectivity index (χ0v) is 7.89. The van der Waals surface area contributed by atoms with Gasteiger partial charge in [0.2, 0.25) is 0 Å². The van der Waals surface area contributed by atoms with Gasteiger partial charge in [0.1, 0.15) is 5.82 Å². The lowest BCUT2D eigenvalue weighted by Crippen LogP contribution is -2.08. The van der Waals surface area contributed by atoms with Crippen LogP contribution in [0, 0.1) is 17.7 Å². The first-order valence-electron chi connectivity index (χ1n) is 4.17. The second-order valence-corrected chi connectivity index (χ2v) is 2.67.